The molecule has 2 nitrogen and oxygen atoms in total. The molecule has 1 aliphatic rings. The van der Waals surface area contributed by atoms with E-state index in [-0.39, 0.29) is 17.5 Å². The molecule has 1 aliphatic heterocycles. The molecule has 2 aromatic rings. The van der Waals surface area contributed by atoms with Gasteiger partial charge in [-0.05, 0) is 42.0 Å². The number of benzene rings is 2. The quantitative estimate of drug-likeness (QED) is 0.818. The van der Waals surface area contributed by atoms with Gasteiger partial charge in [0.05, 0.1) is 6.54 Å². The summed E-state index contributed by atoms with van der Waals surface area (Å²) < 4.78 is 26.0. The van der Waals surface area contributed by atoms with Crippen molar-refractivity contribution in [3.05, 3.63) is 65.2 Å². The molecule has 0 bridgehead atoms. The van der Waals surface area contributed by atoms with Crippen LogP contribution in [0.2, 0.25) is 0 Å². The molecule has 0 fully saturated rings. The lowest BCUT2D eigenvalue weighted by Crippen LogP contribution is -2.22. The molecule has 1 N–H and O–H groups in total. The van der Waals surface area contributed by atoms with E-state index in [1.807, 2.05) is 0 Å². The van der Waals surface area contributed by atoms with Gasteiger partial charge in [-0.2, -0.15) is 0 Å². The Labute approximate surface area is 103 Å². The monoisotopic (exact) mass is 244 g/mol. The van der Waals surface area contributed by atoms with Crippen LogP contribution in [0.1, 0.15) is 11.1 Å². The fourth-order valence-corrected chi connectivity index (χ4v) is 2.14. The summed E-state index contributed by atoms with van der Waals surface area (Å²) in [4.78, 5) is 1.73. The molecule has 0 spiro atoms. The van der Waals surface area contributed by atoms with E-state index in [9.17, 15) is 8.78 Å². The third-order valence-electron chi connectivity index (χ3n) is 3.06. The largest absolute Gasteiger partial charge is 0.322 e. The zero-order chi connectivity index (χ0) is 12.7. The van der Waals surface area contributed by atoms with Gasteiger partial charge in [-0.25, -0.2) is 8.78 Å². The first kappa shape index (κ1) is 10.9. The Balaban J connectivity index is 1.99. The van der Waals surface area contributed by atoms with Crippen molar-refractivity contribution in [1.29, 1.82) is 5.41 Å². The first-order valence-corrected chi connectivity index (χ1v) is 5.55. The number of nitrogens with zero attached hydrogens (tertiary/aromatic N) is 1. The number of hydrogen-bond donors (Lipinski definition) is 1. The second-order valence-corrected chi connectivity index (χ2v) is 4.21. The minimum absolute atomic E-state index is 0.246. The van der Waals surface area contributed by atoms with Gasteiger partial charge < -0.3 is 4.90 Å². The highest BCUT2D eigenvalue weighted by Crippen LogP contribution is 2.28. The number of rotatable bonds is 1. The van der Waals surface area contributed by atoms with E-state index in [4.69, 9.17) is 5.41 Å². The van der Waals surface area contributed by atoms with Crippen LogP contribution in [0.3, 0.4) is 0 Å². The Kier molecular flexibility index (Phi) is 2.37. The van der Waals surface area contributed by atoms with Crippen LogP contribution in [0.25, 0.3) is 0 Å². The van der Waals surface area contributed by atoms with Crippen LogP contribution in [0.5, 0.6) is 0 Å². The summed E-state index contributed by atoms with van der Waals surface area (Å²) in [6.45, 7) is 0.514. The van der Waals surface area contributed by atoms with Crippen molar-refractivity contribution in [2.45, 2.75) is 6.54 Å². The Hall–Kier alpha value is -2.23. The predicted molar refractivity (Wildman–Crippen MR) is 65.8 cm³/mol. The highest BCUT2D eigenvalue weighted by Gasteiger charge is 2.25. The lowest BCUT2D eigenvalue weighted by atomic mass is 10.1. The van der Waals surface area contributed by atoms with Crippen LogP contribution in [0, 0.1) is 17.0 Å². The van der Waals surface area contributed by atoms with Gasteiger partial charge in [0.25, 0.3) is 0 Å². The van der Waals surface area contributed by atoms with E-state index in [1.54, 1.807) is 23.1 Å². The van der Waals surface area contributed by atoms with Crippen LogP contribution in [-0.2, 0) is 6.54 Å². The molecule has 4 heteroatoms. The van der Waals surface area contributed by atoms with E-state index in [0.717, 1.165) is 11.3 Å². The molecule has 90 valence electrons. The highest BCUT2D eigenvalue weighted by atomic mass is 19.1. The lowest BCUT2D eigenvalue weighted by Gasteiger charge is -2.17. The topological polar surface area (TPSA) is 27.1 Å². The first-order valence-electron chi connectivity index (χ1n) is 5.55. The van der Waals surface area contributed by atoms with E-state index in [2.05, 4.69) is 0 Å². The summed E-state index contributed by atoms with van der Waals surface area (Å²) in [5.41, 5.74) is 2.24. The van der Waals surface area contributed by atoms with Crippen LogP contribution in [0.15, 0.2) is 42.5 Å². The van der Waals surface area contributed by atoms with Crippen molar-refractivity contribution in [3.63, 3.8) is 0 Å². The highest BCUT2D eigenvalue weighted by molar-refractivity contribution is 6.11. The van der Waals surface area contributed by atoms with Gasteiger partial charge in [-0.3, -0.25) is 5.41 Å². The standard InChI is InChI=1S/C14H10F2N2/c15-10-3-5-12(6-4-10)18-8-9-1-2-11(16)7-13(9)14(18)17/h1-7,17H,8H2. The predicted octanol–water partition coefficient (Wildman–Crippen LogP) is 3.31. The van der Waals surface area contributed by atoms with Crippen LogP contribution in [0.4, 0.5) is 14.5 Å². The maximum Gasteiger partial charge on any atom is 0.133 e. The van der Waals surface area contributed by atoms with Crippen LogP contribution >= 0.6 is 0 Å². The summed E-state index contributed by atoms with van der Waals surface area (Å²) in [6.07, 6.45) is 0. The smallest absolute Gasteiger partial charge is 0.133 e. The molecule has 0 unspecified atom stereocenters. The van der Waals surface area contributed by atoms with E-state index >= 15 is 0 Å². The van der Waals surface area contributed by atoms with Crippen molar-refractivity contribution < 1.29 is 8.78 Å². The summed E-state index contributed by atoms with van der Waals surface area (Å²) in [6, 6.07) is 10.4. The summed E-state index contributed by atoms with van der Waals surface area (Å²) in [7, 11) is 0. The van der Waals surface area contributed by atoms with E-state index in [0.29, 0.717) is 12.1 Å². The van der Waals surface area contributed by atoms with Crippen molar-refractivity contribution >= 4 is 11.5 Å². The summed E-state index contributed by atoms with van der Waals surface area (Å²) >= 11 is 0. The molecule has 0 amide bonds. The van der Waals surface area contributed by atoms with Gasteiger partial charge in [-0.15, -0.1) is 0 Å². The number of anilines is 1. The molecule has 1 heterocycles. The fourth-order valence-electron chi connectivity index (χ4n) is 2.14. The van der Waals surface area contributed by atoms with Crippen LogP contribution < -0.4 is 4.90 Å². The molecule has 0 aliphatic carbocycles. The third-order valence-corrected chi connectivity index (χ3v) is 3.06. The Morgan fingerprint density at radius 2 is 1.61 bits per heavy atom. The molecule has 0 aromatic heterocycles. The maximum atomic E-state index is 13.2. The fraction of sp³-hybridized carbons (Fsp3) is 0.0714. The number of amidine groups is 1. The van der Waals surface area contributed by atoms with Crippen molar-refractivity contribution in [1.82, 2.24) is 0 Å². The average molecular weight is 244 g/mol. The minimum atomic E-state index is -0.348. The SMILES string of the molecule is N=C1c2cc(F)ccc2CN1c1ccc(F)cc1. The molecule has 2 aromatic carbocycles. The molecule has 0 atom stereocenters. The van der Waals surface area contributed by atoms with Gasteiger partial charge >= 0.3 is 0 Å². The zero-order valence-electron chi connectivity index (χ0n) is 9.45. The number of nitrogens with one attached hydrogen (secondary N) is 1. The average Bonchev–Trinajstić information content (AvgIpc) is 2.68. The number of hydrogen-bond acceptors (Lipinski definition) is 1. The molecule has 0 saturated heterocycles. The maximum absolute atomic E-state index is 13.2. The first-order chi connectivity index (χ1) is 8.65. The van der Waals surface area contributed by atoms with Crippen molar-refractivity contribution in [2.75, 3.05) is 4.90 Å². The summed E-state index contributed by atoms with van der Waals surface area (Å²) in [5, 5.41) is 8.04. The van der Waals surface area contributed by atoms with Gasteiger partial charge in [0.1, 0.15) is 17.5 Å². The van der Waals surface area contributed by atoms with Crippen molar-refractivity contribution in [3.8, 4) is 0 Å². The van der Waals surface area contributed by atoms with E-state index < -0.39 is 0 Å². The molecule has 3 rings (SSSR count). The van der Waals surface area contributed by atoms with Gasteiger partial charge in [0.2, 0.25) is 0 Å². The molecular formula is C14H10F2N2. The molecular weight excluding hydrogens is 234 g/mol. The number of fused-ring (bicyclic) bond motifs is 1. The second kappa shape index (κ2) is 3.91. The second-order valence-electron chi connectivity index (χ2n) is 4.21. The van der Waals surface area contributed by atoms with Crippen LogP contribution in [-0.4, -0.2) is 5.84 Å². The van der Waals surface area contributed by atoms with E-state index in [1.165, 1.54) is 24.3 Å². The van der Waals surface area contributed by atoms with Gasteiger partial charge in [0.15, 0.2) is 0 Å². The number of halogens is 2. The minimum Gasteiger partial charge on any atom is -0.322 e. The third kappa shape index (κ3) is 1.66. The Bertz CT molecular complexity index is 620. The van der Waals surface area contributed by atoms with Crippen molar-refractivity contribution in [2.24, 2.45) is 0 Å². The van der Waals surface area contributed by atoms with Gasteiger partial charge in [-0.1, -0.05) is 6.07 Å². The Morgan fingerprint density at radius 3 is 2.33 bits per heavy atom. The Morgan fingerprint density at radius 1 is 0.944 bits per heavy atom. The zero-order valence-corrected chi connectivity index (χ0v) is 9.45. The normalized spacial score (nSPS) is 13.9. The molecule has 18 heavy (non-hydrogen) atoms. The molecule has 0 radical (unpaired) electrons. The molecule has 0 saturated carbocycles. The lowest BCUT2D eigenvalue weighted by molar-refractivity contribution is 0.627. The summed E-state index contributed by atoms with van der Waals surface area (Å²) in [5.74, 6) is -0.413. The van der Waals surface area contributed by atoms with Gasteiger partial charge in [0, 0.05) is 11.3 Å².